The first-order valence-corrected chi connectivity index (χ1v) is 6.62. The number of nitrogens with zero attached hydrogens (tertiary/aromatic N) is 1. The van der Waals surface area contributed by atoms with Crippen LogP contribution in [0, 0.1) is 16.7 Å². The van der Waals surface area contributed by atoms with Crippen LogP contribution in [-0.4, -0.2) is 19.0 Å². The minimum absolute atomic E-state index is 0.0852. The topological polar surface area (TPSA) is 64.9 Å². The molecule has 1 amide bonds. The number of nitriles is 1. The standard InChI is InChI=1S/C15H19N3O/c1-15(7-10-17-11-8-15)14(19)18-13-4-2-12(3-5-13)6-9-16/h2-5,17H,6-8,10-11H2,1H3,(H,18,19). The Morgan fingerprint density at radius 3 is 2.58 bits per heavy atom. The summed E-state index contributed by atoms with van der Waals surface area (Å²) in [6, 6.07) is 9.58. The number of carbonyl (C=O) groups is 1. The van der Waals surface area contributed by atoms with Gasteiger partial charge in [0.15, 0.2) is 0 Å². The fourth-order valence-corrected chi connectivity index (χ4v) is 2.28. The highest BCUT2D eigenvalue weighted by atomic mass is 16.2. The van der Waals surface area contributed by atoms with Crippen LogP contribution in [0.5, 0.6) is 0 Å². The zero-order valence-corrected chi connectivity index (χ0v) is 11.2. The molecule has 19 heavy (non-hydrogen) atoms. The lowest BCUT2D eigenvalue weighted by atomic mass is 9.80. The molecule has 1 aromatic carbocycles. The Bertz CT molecular complexity index is 481. The molecule has 0 saturated carbocycles. The van der Waals surface area contributed by atoms with E-state index in [-0.39, 0.29) is 11.3 Å². The smallest absolute Gasteiger partial charge is 0.230 e. The third-order valence-electron chi connectivity index (χ3n) is 3.75. The van der Waals surface area contributed by atoms with Crippen LogP contribution in [0.3, 0.4) is 0 Å². The van der Waals surface area contributed by atoms with Gasteiger partial charge in [0.05, 0.1) is 12.5 Å². The van der Waals surface area contributed by atoms with E-state index < -0.39 is 0 Å². The van der Waals surface area contributed by atoms with E-state index >= 15 is 0 Å². The van der Waals surface area contributed by atoms with E-state index in [0.29, 0.717) is 6.42 Å². The molecule has 4 nitrogen and oxygen atoms in total. The van der Waals surface area contributed by atoms with Gasteiger partial charge in [0, 0.05) is 11.1 Å². The van der Waals surface area contributed by atoms with Crippen molar-refractivity contribution in [2.45, 2.75) is 26.2 Å². The Balaban J connectivity index is 2.00. The number of rotatable bonds is 3. The average molecular weight is 257 g/mol. The van der Waals surface area contributed by atoms with Crippen molar-refractivity contribution in [2.24, 2.45) is 5.41 Å². The highest BCUT2D eigenvalue weighted by Crippen LogP contribution is 2.29. The number of amides is 1. The molecule has 0 spiro atoms. The number of benzene rings is 1. The minimum atomic E-state index is -0.281. The quantitative estimate of drug-likeness (QED) is 0.871. The lowest BCUT2D eigenvalue weighted by Crippen LogP contribution is -2.42. The van der Waals surface area contributed by atoms with Crippen molar-refractivity contribution in [3.05, 3.63) is 29.8 Å². The molecule has 0 bridgehead atoms. The Morgan fingerprint density at radius 1 is 1.37 bits per heavy atom. The van der Waals surface area contributed by atoms with Crippen molar-refractivity contribution in [3.63, 3.8) is 0 Å². The molecule has 0 unspecified atom stereocenters. The summed E-state index contributed by atoms with van der Waals surface area (Å²) >= 11 is 0. The summed E-state index contributed by atoms with van der Waals surface area (Å²) in [5.41, 5.74) is 1.48. The van der Waals surface area contributed by atoms with Gasteiger partial charge in [0.2, 0.25) is 5.91 Å². The van der Waals surface area contributed by atoms with Crippen molar-refractivity contribution >= 4 is 11.6 Å². The maximum Gasteiger partial charge on any atom is 0.230 e. The SMILES string of the molecule is CC1(C(=O)Nc2ccc(CC#N)cc2)CCNCC1. The first-order chi connectivity index (χ1) is 9.14. The van der Waals surface area contributed by atoms with Gasteiger partial charge in [-0.15, -0.1) is 0 Å². The van der Waals surface area contributed by atoms with Crippen LogP contribution in [0.25, 0.3) is 0 Å². The second-order valence-corrected chi connectivity index (χ2v) is 5.30. The first-order valence-electron chi connectivity index (χ1n) is 6.62. The van der Waals surface area contributed by atoms with Crippen LogP contribution in [0.2, 0.25) is 0 Å². The summed E-state index contributed by atoms with van der Waals surface area (Å²) in [5.74, 6) is 0.0852. The predicted octanol–water partition coefficient (Wildman–Crippen LogP) is 2.08. The third-order valence-corrected chi connectivity index (χ3v) is 3.75. The molecule has 0 aliphatic carbocycles. The fourth-order valence-electron chi connectivity index (χ4n) is 2.28. The Hall–Kier alpha value is -1.86. The summed E-state index contributed by atoms with van der Waals surface area (Å²) < 4.78 is 0. The molecule has 1 aromatic rings. The molecule has 2 rings (SSSR count). The van der Waals surface area contributed by atoms with Crippen molar-refractivity contribution in [2.75, 3.05) is 18.4 Å². The van der Waals surface area contributed by atoms with E-state index in [1.54, 1.807) is 0 Å². The van der Waals surface area contributed by atoms with E-state index in [2.05, 4.69) is 16.7 Å². The van der Waals surface area contributed by atoms with Gasteiger partial charge in [-0.25, -0.2) is 0 Å². The summed E-state index contributed by atoms with van der Waals surface area (Å²) in [6.45, 7) is 3.81. The molecule has 100 valence electrons. The maximum absolute atomic E-state index is 12.3. The molecule has 1 heterocycles. The average Bonchev–Trinajstić information content (AvgIpc) is 2.42. The van der Waals surface area contributed by atoms with Gasteiger partial charge in [0.1, 0.15) is 0 Å². The maximum atomic E-state index is 12.3. The number of anilines is 1. The number of nitrogens with one attached hydrogen (secondary N) is 2. The molecular formula is C15H19N3O. The van der Waals surface area contributed by atoms with Crippen LogP contribution >= 0.6 is 0 Å². The number of carbonyl (C=O) groups excluding carboxylic acids is 1. The molecular weight excluding hydrogens is 238 g/mol. The van der Waals surface area contributed by atoms with E-state index in [0.717, 1.165) is 37.2 Å². The Kier molecular flexibility index (Phi) is 4.18. The lowest BCUT2D eigenvalue weighted by molar-refractivity contribution is -0.126. The van der Waals surface area contributed by atoms with Gasteiger partial charge < -0.3 is 10.6 Å². The largest absolute Gasteiger partial charge is 0.326 e. The molecule has 1 fully saturated rings. The van der Waals surface area contributed by atoms with Crippen LogP contribution in [-0.2, 0) is 11.2 Å². The van der Waals surface area contributed by atoms with Crippen LogP contribution < -0.4 is 10.6 Å². The Labute approximate surface area is 113 Å². The molecule has 4 heteroatoms. The first kappa shape index (κ1) is 13.6. The van der Waals surface area contributed by atoms with E-state index in [9.17, 15) is 4.79 Å². The molecule has 1 saturated heterocycles. The van der Waals surface area contributed by atoms with Crippen molar-refractivity contribution < 1.29 is 4.79 Å². The van der Waals surface area contributed by atoms with Crippen LogP contribution in [0.1, 0.15) is 25.3 Å². The predicted molar refractivity (Wildman–Crippen MR) is 74.6 cm³/mol. The number of hydrogen-bond acceptors (Lipinski definition) is 3. The highest BCUT2D eigenvalue weighted by Gasteiger charge is 2.34. The van der Waals surface area contributed by atoms with Gasteiger partial charge in [-0.1, -0.05) is 19.1 Å². The zero-order valence-electron chi connectivity index (χ0n) is 11.2. The lowest BCUT2D eigenvalue weighted by Gasteiger charge is -2.32. The van der Waals surface area contributed by atoms with Crippen molar-refractivity contribution in [1.29, 1.82) is 5.26 Å². The number of hydrogen-bond donors (Lipinski definition) is 2. The summed E-state index contributed by atoms with van der Waals surface area (Å²) in [4.78, 5) is 12.3. The number of piperidine rings is 1. The van der Waals surface area contributed by atoms with E-state index in [1.807, 2.05) is 31.2 Å². The van der Waals surface area contributed by atoms with Crippen molar-refractivity contribution in [1.82, 2.24) is 5.32 Å². The van der Waals surface area contributed by atoms with Crippen LogP contribution in [0.15, 0.2) is 24.3 Å². The molecule has 0 atom stereocenters. The second kappa shape index (κ2) is 5.85. The summed E-state index contributed by atoms with van der Waals surface area (Å²) in [5, 5.41) is 14.9. The normalized spacial score (nSPS) is 17.5. The molecule has 0 aromatic heterocycles. The molecule has 0 radical (unpaired) electrons. The van der Waals surface area contributed by atoms with Gasteiger partial charge >= 0.3 is 0 Å². The second-order valence-electron chi connectivity index (χ2n) is 5.30. The highest BCUT2D eigenvalue weighted by molar-refractivity contribution is 5.95. The van der Waals surface area contributed by atoms with E-state index in [1.165, 1.54) is 0 Å². The fraction of sp³-hybridized carbons (Fsp3) is 0.467. The third kappa shape index (κ3) is 3.33. The van der Waals surface area contributed by atoms with Crippen molar-refractivity contribution in [3.8, 4) is 6.07 Å². The molecule has 1 aliphatic rings. The minimum Gasteiger partial charge on any atom is -0.326 e. The molecule has 1 aliphatic heterocycles. The van der Waals surface area contributed by atoms with Gasteiger partial charge in [-0.3, -0.25) is 4.79 Å². The Morgan fingerprint density at radius 2 is 2.00 bits per heavy atom. The van der Waals surface area contributed by atoms with Gasteiger partial charge in [-0.2, -0.15) is 5.26 Å². The summed E-state index contributed by atoms with van der Waals surface area (Å²) in [7, 11) is 0. The van der Waals surface area contributed by atoms with Gasteiger partial charge in [0.25, 0.3) is 0 Å². The van der Waals surface area contributed by atoms with Crippen LogP contribution in [0.4, 0.5) is 5.69 Å². The van der Waals surface area contributed by atoms with E-state index in [4.69, 9.17) is 5.26 Å². The molecule has 2 N–H and O–H groups in total. The monoisotopic (exact) mass is 257 g/mol. The zero-order chi connectivity index (χ0) is 13.7. The van der Waals surface area contributed by atoms with Gasteiger partial charge in [-0.05, 0) is 43.6 Å². The summed E-state index contributed by atoms with van der Waals surface area (Å²) in [6.07, 6.45) is 2.13.